The minimum absolute atomic E-state index is 0.0608. The first-order chi connectivity index (χ1) is 9.88. The summed E-state index contributed by atoms with van der Waals surface area (Å²) in [5, 5.41) is 8.56. The highest BCUT2D eigenvalue weighted by atomic mass is 32.2. The highest BCUT2D eigenvalue weighted by molar-refractivity contribution is 7.89. The summed E-state index contributed by atoms with van der Waals surface area (Å²) in [5.74, 6) is -1.34. The van der Waals surface area contributed by atoms with Crippen molar-refractivity contribution >= 4 is 16.0 Å². The molecule has 0 bridgehead atoms. The van der Waals surface area contributed by atoms with Gasteiger partial charge in [0.2, 0.25) is 10.0 Å². The van der Waals surface area contributed by atoms with Gasteiger partial charge in [0.1, 0.15) is 18.2 Å². The molecule has 2 rings (SSSR count). The minimum Gasteiger partial charge on any atom is -0.492 e. The van der Waals surface area contributed by atoms with Crippen LogP contribution in [-0.4, -0.2) is 42.7 Å². The van der Waals surface area contributed by atoms with Crippen molar-refractivity contribution in [2.75, 3.05) is 18.9 Å². The summed E-state index contributed by atoms with van der Waals surface area (Å²) < 4.78 is 44.1. The number of carboxylic acid groups (broad SMARTS) is 1. The number of carboxylic acids is 1. The fourth-order valence-electron chi connectivity index (χ4n) is 2.09. The summed E-state index contributed by atoms with van der Waals surface area (Å²) in [6.45, 7) is 0.394. The van der Waals surface area contributed by atoms with Crippen LogP contribution < -0.4 is 4.74 Å². The van der Waals surface area contributed by atoms with Crippen LogP contribution in [0.15, 0.2) is 18.2 Å². The van der Waals surface area contributed by atoms with E-state index < -0.39 is 21.8 Å². The van der Waals surface area contributed by atoms with Gasteiger partial charge < -0.3 is 9.84 Å². The van der Waals surface area contributed by atoms with E-state index in [1.807, 2.05) is 0 Å². The SMILES string of the molecule is O=C(O)CCCS(=O)(=O)N1CCOc2cc(F)ccc2C1. The summed E-state index contributed by atoms with van der Waals surface area (Å²) in [6.07, 6.45) is -0.128. The molecular weight excluding hydrogens is 301 g/mol. The van der Waals surface area contributed by atoms with Gasteiger partial charge in [0.05, 0.1) is 5.75 Å². The Morgan fingerprint density at radius 1 is 1.43 bits per heavy atom. The van der Waals surface area contributed by atoms with Crippen molar-refractivity contribution in [2.45, 2.75) is 19.4 Å². The fraction of sp³-hybridized carbons (Fsp3) is 0.462. The molecule has 0 aliphatic carbocycles. The number of nitrogens with zero attached hydrogens (tertiary/aromatic N) is 1. The van der Waals surface area contributed by atoms with E-state index in [-0.39, 0.29) is 38.3 Å². The standard InChI is InChI=1S/C13H16FNO5S/c14-11-4-3-10-9-15(5-6-20-12(10)8-11)21(18,19)7-1-2-13(16)17/h3-4,8H,1-2,5-7,9H2,(H,16,17). The Labute approximate surface area is 122 Å². The summed E-state index contributed by atoms with van der Waals surface area (Å²) in [5.41, 5.74) is 0.593. The van der Waals surface area contributed by atoms with E-state index in [4.69, 9.17) is 9.84 Å². The maximum absolute atomic E-state index is 13.1. The number of ether oxygens (including phenoxy) is 1. The molecule has 21 heavy (non-hydrogen) atoms. The quantitative estimate of drug-likeness (QED) is 0.882. The first kappa shape index (κ1) is 15.7. The zero-order valence-corrected chi connectivity index (χ0v) is 12.1. The second-order valence-electron chi connectivity index (χ2n) is 4.75. The number of benzene rings is 1. The molecular formula is C13H16FNO5S. The van der Waals surface area contributed by atoms with Gasteiger partial charge in [-0.2, -0.15) is 4.31 Å². The smallest absolute Gasteiger partial charge is 0.303 e. The van der Waals surface area contributed by atoms with Gasteiger partial charge in [0.25, 0.3) is 0 Å². The van der Waals surface area contributed by atoms with Gasteiger partial charge in [-0.05, 0) is 12.5 Å². The number of hydrogen-bond donors (Lipinski definition) is 1. The number of halogens is 1. The maximum Gasteiger partial charge on any atom is 0.303 e. The normalized spacial score (nSPS) is 15.9. The van der Waals surface area contributed by atoms with Crippen LogP contribution in [0.25, 0.3) is 0 Å². The molecule has 1 N–H and O–H groups in total. The Morgan fingerprint density at radius 2 is 2.19 bits per heavy atom. The van der Waals surface area contributed by atoms with Crippen molar-refractivity contribution in [3.05, 3.63) is 29.6 Å². The zero-order valence-electron chi connectivity index (χ0n) is 11.3. The number of rotatable bonds is 5. The van der Waals surface area contributed by atoms with Crippen LogP contribution in [0.3, 0.4) is 0 Å². The number of hydrogen-bond acceptors (Lipinski definition) is 4. The summed E-state index contributed by atoms with van der Waals surface area (Å²) in [7, 11) is -3.56. The van der Waals surface area contributed by atoms with E-state index in [0.29, 0.717) is 11.3 Å². The highest BCUT2D eigenvalue weighted by Gasteiger charge is 2.26. The number of fused-ring (bicyclic) bond motifs is 1. The van der Waals surface area contributed by atoms with Crippen LogP contribution in [-0.2, 0) is 21.4 Å². The molecule has 0 amide bonds. The van der Waals surface area contributed by atoms with Gasteiger partial charge >= 0.3 is 5.97 Å². The molecule has 0 unspecified atom stereocenters. The molecule has 8 heteroatoms. The predicted octanol–water partition coefficient (Wildman–Crippen LogP) is 1.21. The minimum atomic E-state index is -3.56. The van der Waals surface area contributed by atoms with Crippen LogP contribution >= 0.6 is 0 Å². The average molecular weight is 317 g/mol. The van der Waals surface area contributed by atoms with Gasteiger partial charge in [-0.1, -0.05) is 6.07 Å². The maximum atomic E-state index is 13.1. The van der Waals surface area contributed by atoms with E-state index in [2.05, 4.69) is 0 Å². The average Bonchev–Trinajstić information content (AvgIpc) is 2.60. The molecule has 1 aliphatic rings. The largest absolute Gasteiger partial charge is 0.492 e. The number of aliphatic carboxylic acids is 1. The van der Waals surface area contributed by atoms with Gasteiger partial charge in [0.15, 0.2) is 0 Å². The summed E-state index contributed by atoms with van der Waals surface area (Å²) >= 11 is 0. The Balaban J connectivity index is 2.10. The molecule has 0 radical (unpaired) electrons. The van der Waals surface area contributed by atoms with E-state index in [0.717, 1.165) is 0 Å². The second kappa shape index (κ2) is 6.40. The Kier molecular flexibility index (Phi) is 4.79. The van der Waals surface area contributed by atoms with E-state index in [1.54, 1.807) is 0 Å². The van der Waals surface area contributed by atoms with Gasteiger partial charge in [-0.15, -0.1) is 0 Å². The van der Waals surface area contributed by atoms with Crippen molar-refractivity contribution < 1.29 is 27.4 Å². The van der Waals surface area contributed by atoms with Crippen molar-refractivity contribution in [2.24, 2.45) is 0 Å². The lowest BCUT2D eigenvalue weighted by molar-refractivity contribution is -0.137. The zero-order chi connectivity index (χ0) is 15.5. The summed E-state index contributed by atoms with van der Waals surface area (Å²) in [4.78, 5) is 10.4. The monoisotopic (exact) mass is 317 g/mol. The molecule has 1 aliphatic heterocycles. The molecule has 0 aromatic heterocycles. The van der Waals surface area contributed by atoms with Gasteiger partial charge in [0, 0.05) is 31.1 Å². The van der Waals surface area contributed by atoms with Crippen LogP contribution in [0, 0.1) is 5.82 Å². The molecule has 0 atom stereocenters. The number of carbonyl (C=O) groups is 1. The van der Waals surface area contributed by atoms with Crippen molar-refractivity contribution in [3.63, 3.8) is 0 Å². The Morgan fingerprint density at radius 3 is 2.90 bits per heavy atom. The Bertz CT molecular complexity index is 631. The van der Waals surface area contributed by atoms with E-state index >= 15 is 0 Å². The third-order valence-corrected chi connectivity index (χ3v) is 5.06. The van der Waals surface area contributed by atoms with E-state index in [1.165, 1.54) is 22.5 Å². The molecule has 0 saturated heterocycles. The lowest BCUT2D eigenvalue weighted by Crippen LogP contribution is -2.34. The fourth-order valence-corrected chi connectivity index (χ4v) is 3.55. The number of sulfonamides is 1. The van der Waals surface area contributed by atoms with Gasteiger partial charge in [-0.3, -0.25) is 4.79 Å². The molecule has 0 fully saturated rings. The summed E-state index contributed by atoms with van der Waals surface area (Å²) in [6, 6.07) is 3.98. The van der Waals surface area contributed by atoms with Crippen LogP contribution in [0.2, 0.25) is 0 Å². The molecule has 116 valence electrons. The van der Waals surface area contributed by atoms with Crippen molar-refractivity contribution in [1.82, 2.24) is 4.31 Å². The lowest BCUT2D eigenvalue weighted by Gasteiger charge is -2.19. The third-order valence-electron chi connectivity index (χ3n) is 3.16. The van der Waals surface area contributed by atoms with Crippen LogP contribution in [0.4, 0.5) is 4.39 Å². The Hall–Kier alpha value is -1.67. The van der Waals surface area contributed by atoms with Gasteiger partial charge in [-0.25, -0.2) is 12.8 Å². The lowest BCUT2D eigenvalue weighted by atomic mass is 10.2. The highest BCUT2D eigenvalue weighted by Crippen LogP contribution is 2.25. The third kappa shape index (κ3) is 4.15. The first-order valence-corrected chi connectivity index (χ1v) is 8.10. The molecule has 0 spiro atoms. The molecule has 1 aromatic carbocycles. The van der Waals surface area contributed by atoms with Crippen molar-refractivity contribution in [1.29, 1.82) is 0 Å². The van der Waals surface area contributed by atoms with Crippen molar-refractivity contribution in [3.8, 4) is 5.75 Å². The first-order valence-electron chi connectivity index (χ1n) is 6.49. The second-order valence-corrected chi connectivity index (χ2v) is 6.84. The topological polar surface area (TPSA) is 83.9 Å². The molecule has 6 nitrogen and oxygen atoms in total. The molecule has 0 saturated carbocycles. The molecule has 1 aromatic rings. The predicted molar refractivity (Wildman–Crippen MR) is 73.0 cm³/mol. The van der Waals surface area contributed by atoms with Crippen LogP contribution in [0.1, 0.15) is 18.4 Å². The molecule has 1 heterocycles. The van der Waals surface area contributed by atoms with Crippen LogP contribution in [0.5, 0.6) is 5.75 Å². The van der Waals surface area contributed by atoms with E-state index in [9.17, 15) is 17.6 Å².